The molecule has 0 radical (unpaired) electrons. The predicted octanol–water partition coefficient (Wildman–Crippen LogP) is -2.03. The normalized spacial score (nSPS) is 18.2. The molecule has 0 spiro atoms. The number of nitrogens with two attached hydrogens (primary N) is 1. The van der Waals surface area contributed by atoms with Gasteiger partial charge in [-0.25, -0.2) is 0 Å². The zero-order chi connectivity index (χ0) is 11.6. The maximum absolute atomic E-state index is 10.9. The number of aliphatic hydroxyl groups excluding tert-OH is 1. The Kier molecular flexibility index (Phi) is 3.01. The molecular weight excluding hydrogens is 202 g/mol. The molecule has 0 aliphatic heterocycles. The summed E-state index contributed by atoms with van der Waals surface area (Å²) in [5, 5.41) is 19.5. The Morgan fingerprint density at radius 2 is 1.93 bits per heavy atom. The van der Waals surface area contributed by atoms with Gasteiger partial charge in [-0.2, -0.15) is 0 Å². The molecule has 0 heterocycles. The van der Waals surface area contributed by atoms with Gasteiger partial charge < -0.3 is 20.7 Å². The van der Waals surface area contributed by atoms with Crippen LogP contribution in [0.5, 0.6) is 0 Å². The van der Waals surface area contributed by atoms with Crippen LogP contribution in [-0.4, -0.2) is 28.7 Å². The minimum Gasteiger partial charge on any atom is -0.548 e. The number of carboxylic acid groups (broad SMARTS) is 1. The maximum Gasteiger partial charge on any atom is 0.229 e. The van der Waals surface area contributed by atoms with E-state index >= 15 is 0 Å². The zero-order valence-electron chi connectivity index (χ0n) is 7.60. The van der Waals surface area contributed by atoms with Crippen molar-refractivity contribution in [3.63, 3.8) is 0 Å². The molecule has 1 aliphatic carbocycles. The summed E-state index contributed by atoms with van der Waals surface area (Å²) in [5.74, 6) is -3.59. The number of hydrogen-bond acceptors (Lipinski definition) is 6. The van der Waals surface area contributed by atoms with E-state index in [-0.39, 0.29) is 12.0 Å². The number of carbonyl (C=O) groups is 3. The molecule has 0 saturated carbocycles. The van der Waals surface area contributed by atoms with Gasteiger partial charge in [0.15, 0.2) is 0 Å². The molecule has 0 aromatic carbocycles. The third-order valence-electron chi connectivity index (χ3n) is 1.89. The molecule has 0 saturated heterocycles. The third-order valence-corrected chi connectivity index (χ3v) is 1.89. The molecule has 15 heavy (non-hydrogen) atoms. The first-order valence-electron chi connectivity index (χ1n) is 4.08. The summed E-state index contributed by atoms with van der Waals surface area (Å²) in [4.78, 5) is 32.0. The van der Waals surface area contributed by atoms with Crippen molar-refractivity contribution < 1.29 is 24.6 Å². The van der Waals surface area contributed by atoms with Crippen LogP contribution in [0.25, 0.3) is 0 Å². The second kappa shape index (κ2) is 4.05. The highest BCUT2D eigenvalue weighted by Gasteiger charge is 2.21. The van der Waals surface area contributed by atoms with E-state index in [9.17, 15) is 24.6 Å². The lowest BCUT2D eigenvalue weighted by Crippen LogP contribution is -2.42. The van der Waals surface area contributed by atoms with E-state index < -0.39 is 29.3 Å². The standard InChI is InChI=1S/C9H9NO5/c10-5(9(14)15)1-4-2-7(12)8(13)3-6(4)11/h2-3,5,11H,1,10H2,(H,14,15)/p-1/t5-/m0/s1. The van der Waals surface area contributed by atoms with Crippen molar-refractivity contribution in [1.29, 1.82) is 0 Å². The average Bonchev–Trinajstić information content (AvgIpc) is 2.13. The van der Waals surface area contributed by atoms with Gasteiger partial charge in [-0.15, -0.1) is 0 Å². The summed E-state index contributed by atoms with van der Waals surface area (Å²) in [6, 6.07) is -1.33. The van der Waals surface area contributed by atoms with Crippen LogP contribution in [0.3, 0.4) is 0 Å². The van der Waals surface area contributed by atoms with Crippen molar-refractivity contribution in [3.8, 4) is 0 Å². The van der Waals surface area contributed by atoms with Crippen LogP contribution in [0.2, 0.25) is 0 Å². The van der Waals surface area contributed by atoms with Crippen molar-refractivity contribution in [1.82, 2.24) is 0 Å². The summed E-state index contributed by atoms with van der Waals surface area (Å²) in [5.41, 5.74) is 5.18. The Morgan fingerprint density at radius 3 is 2.47 bits per heavy atom. The monoisotopic (exact) mass is 210 g/mol. The number of carboxylic acids is 1. The average molecular weight is 210 g/mol. The number of aliphatic hydroxyl groups is 1. The molecule has 0 bridgehead atoms. The van der Waals surface area contributed by atoms with E-state index in [0.29, 0.717) is 0 Å². The summed E-state index contributed by atoms with van der Waals surface area (Å²) in [6.45, 7) is 0. The first kappa shape index (κ1) is 11.1. The van der Waals surface area contributed by atoms with Gasteiger partial charge >= 0.3 is 0 Å². The van der Waals surface area contributed by atoms with Crippen LogP contribution in [0.1, 0.15) is 6.42 Å². The van der Waals surface area contributed by atoms with Crippen LogP contribution in [0.15, 0.2) is 23.5 Å². The van der Waals surface area contributed by atoms with Gasteiger partial charge in [0.1, 0.15) is 5.76 Å². The molecule has 6 nitrogen and oxygen atoms in total. The SMILES string of the molecule is N[C@@H](CC1=CC(=O)C(=O)C=C1O)C(=O)[O-]. The molecule has 0 aromatic rings. The first-order chi connectivity index (χ1) is 6.91. The van der Waals surface area contributed by atoms with E-state index in [1.165, 1.54) is 0 Å². The van der Waals surface area contributed by atoms with E-state index in [4.69, 9.17) is 5.73 Å². The highest BCUT2D eigenvalue weighted by molar-refractivity contribution is 6.46. The van der Waals surface area contributed by atoms with Crippen LogP contribution in [-0.2, 0) is 14.4 Å². The minimum absolute atomic E-state index is 0.0244. The van der Waals surface area contributed by atoms with Gasteiger partial charge in [-0.1, -0.05) is 0 Å². The quantitative estimate of drug-likeness (QED) is 0.409. The van der Waals surface area contributed by atoms with Gasteiger partial charge in [-0.05, 0) is 18.1 Å². The predicted molar refractivity (Wildman–Crippen MR) is 46.4 cm³/mol. The maximum atomic E-state index is 10.9. The smallest absolute Gasteiger partial charge is 0.229 e. The molecule has 0 fully saturated rings. The zero-order valence-corrected chi connectivity index (χ0v) is 7.60. The van der Waals surface area contributed by atoms with Crippen molar-refractivity contribution >= 4 is 17.5 Å². The molecule has 3 N–H and O–H groups in total. The minimum atomic E-state index is -1.49. The molecular formula is C9H8NO5-. The molecule has 0 unspecified atom stereocenters. The molecule has 6 heteroatoms. The first-order valence-corrected chi connectivity index (χ1v) is 4.08. The molecule has 1 rings (SSSR count). The third kappa shape index (κ3) is 2.50. The van der Waals surface area contributed by atoms with Gasteiger partial charge in [0.25, 0.3) is 0 Å². The summed E-state index contributed by atoms with van der Waals surface area (Å²) in [7, 11) is 0. The fraction of sp³-hybridized carbons (Fsp3) is 0.222. The Labute approximate surface area is 84.7 Å². The van der Waals surface area contributed by atoms with Gasteiger partial charge in [0.2, 0.25) is 11.6 Å². The molecule has 80 valence electrons. The van der Waals surface area contributed by atoms with Gasteiger partial charge in [0.05, 0.1) is 5.97 Å². The van der Waals surface area contributed by atoms with Crippen LogP contribution < -0.4 is 10.8 Å². The van der Waals surface area contributed by atoms with Crippen LogP contribution in [0, 0.1) is 0 Å². The Morgan fingerprint density at radius 1 is 1.40 bits per heavy atom. The Balaban J connectivity index is 2.84. The number of aliphatic carboxylic acids is 1. The largest absolute Gasteiger partial charge is 0.548 e. The molecule has 1 aliphatic rings. The number of allylic oxidation sites excluding steroid dienone is 3. The fourth-order valence-electron chi connectivity index (χ4n) is 1.08. The Hall–Kier alpha value is -1.95. The second-order valence-electron chi connectivity index (χ2n) is 3.06. The number of rotatable bonds is 3. The summed E-state index contributed by atoms with van der Waals surface area (Å²) >= 11 is 0. The summed E-state index contributed by atoms with van der Waals surface area (Å²) < 4.78 is 0. The van der Waals surface area contributed by atoms with E-state index in [1.54, 1.807) is 0 Å². The van der Waals surface area contributed by atoms with Crippen LogP contribution in [0.4, 0.5) is 0 Å². The second-order valence-corrected chi connectivity index (χ2v) is 3.06. The van der Waals surface area contributed by atoms with E-state index in [0.717, 1.165) is 12.2 Å². The van der Waals surface area contributed by atoms with Crippen molar-refractivity contribution in [2.24, 2.45) is 5.73 Å². The lowest BCUT2D eigenvalue weighted by molar-refractivity contribution is -0.307. The number of carbonyl (C=O) groups excluding carboxylic acids is 3. The number of ketones is 2. The summed E-state index contributed by atoms with van der Waals surface area (Å²) in [6.07, 6.45) is 1.35. The molecule has 0 amide bonds. The van der Waals surface area contributed by atoms with E-state index in [1.807, 2.05) is 0 Å². The lowest BCUT2D eigenvalue weighted by atomic mass is 9.97. The topological polar surface area (TPSA) is 121 Å². The van der Waals surface area contributed by atoms with Crippen LogP contribution >= 0.6 is 0 Å². The number of hydrogen-bond donors (Lipinski definition) is 2. The van der Waals surface area contributed by atoms with Gasteiger partial charge in [-0.3, -0.25) is 9.59 Å². The van der Waals surface area contributed by atoms with Gasteiger partial charge in [0, 0.05) is 12.1 Å². The van der Waals surface area contributed by atoms with Crippen molar-refractivity contribution in [3.05, 3.63) is 23.5 Å². The lowest BCUT2D eigenvalue weighted by Gasteiger charge is -2.16. The van der Waals surface area contributed by atoms with E-state index in [2.05, 4.69) is 0 Å². The highest BCUT2D eigenvalue weighted by atomic mass is 16.4. The molecule has 1 atom stereocenters. The Bertz CT molecular complexity index is 393. The fourth-order valence-corrected chi connectivity index (χ4v) is 1.08. The highest BCUT2D eigenvalue weighted by Crippen LogP contribution is 2.17. The van der Waals surface area contributed by atoms with Crippen molar-refractivity contribution in [2.75, 3.05) is 0 Å². The van der Waals surface area contributed by atoms with Crippen molar-refractivity contribution in [2.45, 2.75) is 12.5 Å². The molecule has 0 aromatic heterocycles.